The van der Waals surface area contributed by atoms with Crippen LogP contribution in [-0.4, -0.2) is 52.3 Å². The number of carbonyl (C=O) groups is 3. The first kappa shape index (κ1) is 21.2. The van der Waals surface area contributed by atoms with Crippen LogP contribution in [0.5, 0.6) is 0 Å². The van der Waals surface area contributed by atoms with Gasteiger partial charge in [0.05, 0.1) is 0 Å². The lowest BCUT2D eigenvalue weighted by Crippen LogP contribution is -2.39. The summed E-state index contributed by atoms with van der Waals surface area (Å²) in [5.74, 6) is -1.43. The Labute approximate surface area is 165 Å². The quantitative estimate of drug-likeness (QED) is 0.685. The van der Waals surface area contributed by atoms with Crippen molar-refractivity contribution in [3.8, 4) is 0 Å². The number of carbonyl (C=O) groups excluding carboxylic acids is 2. The minimum Gasteiger partial charge on any atom is -0.480 e. The predicted molar refractivity (Wildman–Crippen MR) is 107 cm³/mol. The lowest BCUT2D eigenvalue weighted by molar-refractivity contribution is -0.145. The summed E-state index contributed by atoms with van der Waals surface area (Å²) in [7, 11) is 0. The van der Waals surface area contributed by atoms with Crippen molar-refractivity contribution >= 4 is 17.8 Å². The number of aliphatic carboxylic acids is 1. The molecule has 0 bridgehead atoms. The highest BCUT2D eigenvalue weighted by atomic mass is 16.4. The van der Waals surface area contributed by atoms with E-state index >= 15 is 0 Å². The molecule has 148 valence electrons. The second-order valence-corrected chi connectivity index (χ2v) is 6.62. The van der Waals surface area contributed by atoms with Crippen LogP contribution in [0.3, 0.4) is 0 Å². The van der Waals surface area contributed by atoms with Gasteiger partial charge in [-0.3, -0.25) is 14.4 Å². The molecule has 0 aromatic heterocycles. The topological polar surface area (TPSA) is 77.9 Å². The van der Waals surface area contributed by atoms with Crippen LogP contribution in [0.4, 0.5) is 0 Å². The van der Waals surface area contributed by atoms with E-state index in [9.17, 15) is 14.4 Å². The number of benzene rings is 2. The molecule has 0 heterocycles. The standard InChI is InChI=1S/C22H26N2O4/c1-18(25)23(16-20-10-6-3-7-11-20)15-13-21(26)24(17-22(27)28)14-12-19-8-4-2-5-9-19/h2-11H,12-17H2,1H3,(H,27,28). The first-order valence-corrected chi connectivity index (χ1v) is 9.28. The molecule has 6 nitrogen and oxygen atoms in total. The van der Waals surface area contributed by atoms with Gasteiger partial charge in [0.1, 0.15) is 6.54 Å². The third-order valence-corrected chi connectivity index (χ3v) is 4.45. The largest absolute Gasteiger partial charge is 0.480 e. The fourth-order valence-corrected chi connectivity index (χ4v) is 2.90. The summed E-state index contributed by atoms with van der Waals surface area (Å²) in [6.45, 7) is 2.13. The lowest BCUT2D eigenvalue weighted by atomic mass is 10.1. The lowest BCUT2D eigenvalue weighted by Gasteiger charge is -2.24. The normalized spacial score (nSPS) is 10.3. The summed E-state index contributed by atoms with van der Waals surface area (Å²) >= 11 is 0. The van der Waals surface area contributed by atoms with E-state index in [1.807, 2.05) is 60.7 Å². The second kappa shape index (κ2) is 10.9. The molecular formula is C22H26N2O4. The van der Waals surface area contributed by atoms with Crippen molar-refractivity contribution < 1.29 is 19.5 Å². The van der Waals surface area contributed by atoms with Crippen LogP contribution in [0, 0.1) is 0 Å². The van der Waals surface area contributed by atoms with E-state index in [0.717, 1.165) is 11.1 Å². The molecule has 0 aliphatic carbocycles. The molecule has 6 heteroatoms. The highest BCUT2D eigenvalue weighted by molar-refractivity contribution is 5.82. The van der Waals surface area contributed by atoms with Crippen LogP contribution in [0.25, 0.3) is 0 Å². The van der Waals surface area contributed by atoms with Crippen molar-refractivity contribution in [2.75, 3.05) is 19.6 Å². The zero-order valence-corrected chi connectivity index (χ0v) is 16.1. The van der Waals surface area contributed by atoms with Gasteiger partial charge < -0.3 is 14.9 Å². The maximum absolute atomic E-state index is 12.6. The van der Waals surface area contributed by atoms with Crippen LogP contribution in [0.1, 0.15) is 24.5 Å². The molecule has 2 amide bonds. The summed E-state index contributed by atoms with van der Waals surface area (Å²) in [6, 6.07) is 19.2. The highest BCUT2D eigenvalue weighted by Crippen LogP contribution is 2.08. The van der Waals surface area contributed by atoms with E-state index in [4.69, 9.17) is 5.11 Å². The zero-order valence-electron chi connectivity index (χ0n) is 16.1. The van der Waals surface area contributed by atoms with Crippen molar-refractivity contribution in [1.29, 1.82) is 0 Å². The molecule has 28 heavy (non-hydrogen) atoms. The number of hydrogen-bond acceptors (Lipinski definition) is 3. The van der Waals surface area contributed by atoms with Crippen LogP contribution in [0.2, 0.25) is 0 Å². The Morgan fingerprint density at radius 2 is 1.39 bits per heavy atom. The number of carboxylic acids is 1. The van der Waals surface area contributed by atoms with Crippen molar-refractivity contribution in [2.24, 2.45) is 0 Å². The Balaban J connectivity index is 1.94. The van der Waals surface area contributed by atoms with Gasteiger partial charge in [0.15, 0.2) is 0 Å². The smallest absolute Gasteiger partial charge is 0.323 e. The number of amides is 2. The Kier molecular flexibility index (Phi) is 8.21. The van der Waals surface area contributed by atoms with Crippen LogP contribution in [-0.2, 0) is 27.3 Å². The summed E-state index contributed by atoms with van der Waals surface area (Å²) in [5.41, 5.74) is 2.02. The van der Waals surface area contributed by atoms with Gasteiger partial charge in [-0.1, -0.05) is 60.7 Å². The molecule has 0 atom stereocenters. The van der Waals surface area contributed by atoms with Crippen molar-refractivity contribution in [3.05, 3.63) is 71.8 Å². The van der Waals surface area contributed by atoms with E-state index in [1.165, 1.54) is 11.8 Å². The van der Waals surface area contributed by atoms with Gasteiger partial charge >= 0.3 is 5.97 Å². The van der Waals surface area contributed by atoms with Gasteiger partial charge in [0.2, 0.25) is 11.8 Å². The fourth-order valence-electron chi connectivity index (χ4n) is 2.90. The van der Waals surface area contributed by atoms with Crippen molar-refractivity contribution in [3.63, 3.8) is 0 Å². The van der Waals surface area contributed by atoms with Crippen molar-refractivity contribution in [2.45, 2.75) is 26.3 Å². The van der Waals surface area contributed by atoms with Crippen LogP contribution < -0.4 is 0 Å². The minimum absolute atomic E-state index is 0.0917. The van der Waals surface area contributed by atoms with Gasteiger partial charge in [-0.2, -0.15) is 0 Å². The molecule has 2 aromatic carbocycles. The Bertz CT molecular complexity index is 778. The third-order valence-electron chi connectivity index (χ3n) is 4.45. The molecule has 0 spiro atoms. The van der Waals surface area contributed by atoms with E-state index in [0.29, 0.717) is 19.5 Å². The van der Waals surface area contributed by atoms with Crippen LogP contribution >= 0.6 is 0 Å². The van der Waals surface area contributed by atoms with Gasteiger partial charge in [0, 0.05) is 33.0 Å². The van der Waals surface area contributed by atoms with E-state index in [2.05, 4.69) is 0 Å². The van der Waals surface area contributed by atoms with E-state index in [1.54, 1.807) is 4.90 Å². The van der Waals surface area contributed by atoms with Gasteiger partial charge in [0.25, 0.3) is 0 Å². The van der Waals surface area contributed by atoms with Crippen LogP contribution in [0.15, 0.2) is 60.7 Å². The summed E-state index contributed by atoms with van der Waals surface area (Å²) in [4.78, 5) is 38.6. The Morgan fingerprint density at radius 1 is 0.821 bits per heavy atom. The van der Waals surface area contributed by atoms with Crippen molar-refractivity contribution in [1.82, 2.24) is 9.80 Å². The zero-order chi connectivity index (χ0) is 20.4. The first-order chi connectivity index (χ1) is 13.5. The number of carboxylic acid groups (broad SMARTS) is 1. The first-order valence-electron chi connectivity index (χ1n) is 9.28. The number of hydrogen-bond donors (Lipinski definition) is 1. The SMILES string of the molecule is CC(=O)N(CCC(=O)N(CCc1ccccc1)CC(=O)O)Cc1ccccc1. The molecule has 2 rings (SSSR count). The molecule has 0 fully saturated rings. The van der Waals surface area contributed by atoms with E-state index in [-0.39, 0.29) is 31.3 Å². The number of nitrogens with zero attached hydrogens (tertiary/aromatic N) is 2. The molecular weight excluding hydrogens is 356 g/mol. The molecule has 1 N–H and O–H groups in total. The molecule has 2 aromatic rings. The fraction of sp³-hybridized carbons (Fsp3) is 0.318. The van der Waals surface area contributed by atoms with E-state index < -0.39 is 5.97 Å². The molecule has 0 unspecified atom stereocenters. The third kappa shape index (κ3) is 7.23. The molecule has 0 saturated heterocycles. The second-order valence-electron chi connectivity index (χ2n) is 6.62. The Hall–Kier alpha value is -3.15. The highest BCUT2D eigenvalue weighted by Gasteiger charge is 2.19. The predicted octanol–water partition coefficient (Wildman–Crippen LogP) is 2.58. The minimum atomic E-state index is -1.05. The monoisotopic (exact) mass is 382 g/mol. The molecule has 0 saturated carbocycles. The average molecular weight is 382 g/mol. The number of rotatable bonds is 10. The Morgan fingerprint density at radius 3 is 1.93 bits per heavy atom. The summed E-state index contributed by atoms with van der Waals surface area (Å²) in [5, 5.41) is 9.13. The molecule has 0 aliphatic heterocycles. The maximum atomic E-state index is 12.6. The maximum Gasteiger partial charge on any atom is 0.323 e. The summed E-state index contributed by atoms with van der Waals surface area (Å²) < 4.78 is 0. The van der Waals surface area contributed by atoms with Gasteiger partial charge in [-0.15, -0.1) is 0 Å². The average Bonchev–Trinajstić information content (AvgIpc) is 2.69. The summed E-state index contributed by atoms with van der Waals surface area (Å²) in [6.07, 6.45) is 0.675. The molecule has 0 radical (unpaired) electrons. The van der Waals surface area contributed by atoms with Gasteiger partial charge in [-0.05, 0) is 17.5 Å². The van der Waals surface area contributed by atoms with Gasteiger partial charge in [-0.25, -0.2) is 0 Å². The molecule has 0 aliphatic rings.